The van der Waals surface area contributed by atoms with E-state index in [1.165, 1.54) is 12.3 Å². The number of anilines is 2. The van der Waals surface area contributed by atoms with Gasteiger partial charge in [-0.15, -0.1) is 0 Å². The quantitative estimate of drug-likeness (QED) is 0.747. The van der Waals surface area contributed by atoms with E-state index in [2.05, 4.69) is 15.7 Å². The molecule has 1 aromatic heterocycles. The normalized spacial score (nSPS) is 12.1. The lowest BCUT2D eigenvalue weighted by molar-refractivity contribution is 0.175. The Morgan fingerprint density at radius 3 is 2.72 bits per heavy atom. The van der Waals surface area contributed by atoms with Crippen LogP contribution < -0.4 is 15.5 Å². The van der Waals surface area contributed by atoms with E-state index in [9.17, 15) is 14.3 Å². The fraction of sp³-hybridized carbons (Fsp3) is 0.412. The summed E-state index contributed by atoms with van der Waals surface area (Å²) in [5.74, 6) is -0.413. The first-order chi connectivity index (χ1) is 11.8. The second-order valence-electron chi connectivity index (χ2n) is 6.17. The fourth-order valence-electron chi connectivity index (χ4n) is 2.24. The van der Waals surface area contributed by atoms with E-state index in [1.807, 2.05) is 25.8 Å². The highest BCUT2D eigenvalue weighted by Gasteiger charge is 2.13. The molecule has 7 nitrogen and oxygen atoms in total. The summed E-state index contributed by atoms with van der Waals surface area (Å²) < 4.78 is 15.8. The molecule has 2 amide bonds. The number of carbonyl (C=O) groups excluding carboxylic acids is 1. The predicted octanol–water partition coefficient (Wildman–Crippen LogP) is 2.26. The first-order valence-electron chi connectivity index (χ1n) is 8.01. The van der Waals surface area contributed by atoms with Gasteiger partial charge in [-0.25, -0.2) is 9.18 Å². The van der Waals surface area contributed by atoms with Crippen LogP contribution in [0.25, 0.3) is 0 Å². The van der Waals surface area contributed by atoms with Gasteiger partial charge in [0, 0.05) is 44.1 Å². The number of rotatable bonds is 6. The van der Waals surface area contributed by atoms with Crippen LogP contribution in [-0.2, 0) is 7.05 Å². The molecule has 0 saturated heterocycles. The lowest BCUT2D eigenvalue weighted by atomic mass is 10.2. The van der Waals surface area contributed by atoms with Crippen molar-refractivity contribution in [3.8, 4) is 0 Å². The van der Waals surface area contributed by atoms with Crippen LogP contribution in [0.3, 0.4) is 0 Å². The van der Waals surface area contributed by atoms with E-state index < -0.39 is 18.0 Å². The number of halogens is 1. The number of amides is 2. The summed E-state index contributed by atoms with van der Waals surface area (Å²) in [5.41, 5.74) is 1.41. The highest BCUT2D eigenvalue weighted by Crippen LogP contribution is 2.23. The van der Waals surface area contributed by atoms with Crippen LogP contribution in [0.4, 0.5) is 20.6 Å². The molecule has 1 aromatic carbocycles. The number of aryl methyl sites for hydroxylation is 1. The number of aliphatic hydroxyl groups excluding tert-OH is 1. The second-order valence-corrected chi connectivity index (χ2v) is 6.17. The minimum atomic E-state index is -0.863. The Bertz CT molecular complexity index is 732. The average Bonchev–Trinajstić information content (AvgIpc) is 2.98. The molecule has 1 atom stereocenters. The monoisotopic (exact) mass is 349 g/mol. The maximum absolute atomic E-state index is 14.2. The van der Waals surface area contributed by atoms with Crippen molar-refractivity contribution in [2.75, 3.05) is 23.8 Å². The van der Waals surface area contributed by atoms with Crippen molar-refractivity contribution in [3.63, 3.8) is 0 Å². The van der Waals surface area contributed by atoms with Crippen LogP contribution in [0, 0.1) is 5.82 Å². The SMILES string of the molecule is CC(C)N(C)c1ccc(NC(=O)NCC(O)c2cnn(C)c2)cc1F. The van der Waals surface area contributed by atoms with E-state index >= 15 is 0 Å². The summed E-state index contributed by atoms with van der Waals surface area (Å²) in [7, 11) is 3.55. The van der Waals surface area contributed by atoms with Gasteiger partial charge in [0.2, 0.25) is 0 Å². The molecule has 1 heterocycles. The van der Waals surface area contributed by atoms with Crippen molar-refractivity contribution in [2.24, 2.45) is 7.05 Å². The minimum absolute atomic E-state index is 0.0220. The highest BCUT2D eigenvalue weighted by atomic mass is 19.1. The Hall–Kier alpha value is -2.61. The summed E-state index contributed by atoms with van der Waals surface area (Å²) in [4.78, 5) is 13.7. The molecule has 136 valence electrons. The number of hydrogen-bond acceptors (Lipinski definition) is 4. The Labute approximate surface area is 146 Å². The zero-order valence-corrected chi connectivity index (χ0v) is 14.8. The number of urea groups is 1. The number of aliphatic hydroxyl groups is 1. The van der Waals surface area contributed by atoms with E-state index in [4.69, 9.17) is 0 Å². The molecule has 0 bridgehead atoms. The maximum atomic E-state index is 14.2. The van der Waals surface area contributed by atoms with Crippen LogP contribution in [0.15, 0.2) is 30.6 Å². The summed E-state index contributed by atoms with van der Waals surface area (Å²) in [6, 6.07) is 4.16. The van der Waals surface area contributed by atoms with E-state index in [-0.39, 0.29) is 12.6 Å². The molecule has 0 aliphatic heterocycles. The summed E-state index contributed by atoms with van der Waals surface area (Å²) >= 11 is 0. The second kappa shape index (κ2) is 7.98. The van der Waals surface area contributed by atoms with Crippen LogP contribution in [0.5, 0.6) is 0 Å². The third-order valence-electron chi connectivity index (χ3n) is 3.93. The standard InChI is InChI=1S/C17H24FN5O2/c1-11(2)23(4)15-6-5-13(7-14(15)18)21-17(25)19-9-16(24)12-8-20-22(3)10-12/h5-8,10-11,16,24H,9H2,1-4H3,(H2,19,21,25). The van der Waals surface area contributed by atoms with Crippen LogP contribution in [-0.4, -0.2) is 40.6 Å². The van der Waals surface area contributed by atoms with Gasteiger partial charge in [-0.2, -0.15) is 5.10 Å². The van der Waals surface area contributed by atoms with Crippen molar-refractivity contribution in [1.82, 2.24) is 15.1 Å². The molecule has 0 fully saturated rings. The zero-order chi connectivity index (χ0) is 18.6. The third-order valence-corrected chi connectivity index (χ3v) is 3.93. The Balaban J connectivity index is 1.91. The van der Waals surface area contributed by atoms with E-state index in [0.29, 0.717) is 16.9 Å². The first kappa shape index (κ1) is 18.7. The lowest BCUT2D eigenvalue weighted by Gasteiger charge is -2.24. The summed E-state index contributed by atoms with van der Waals surface area (Å²) in [6.07, 6.45) is 2.34. The molecular formula is C17H24FN5O2. The fourth-order valence-corrected chi connectivity index (χ4v) is 2.24. The lowest BCUT2D eigenvalue weighted by Crippen LogP contribution is -2.32. The topological polar surface area (TPSA) is 82.4 Å². The molecule has 0 aliphatic carbocycles. The molecule has 3 N–H and O–H groups in total. The molecule has 8 heteroatoms. The summed E-state index contributed by atoms with van der Waals surface area (Å²) in [5, 5.41) is 19.0. The van der Waals surface area contributed by atoms with Crippen molar-refractivity contribution < 1.29 is 14.3 Å². The smallest absolute Gasteiger partial charge is 0.319 e. The number of nitrogens with one attached hydrogen (secondary N) is 2. The minimum Gasteiger partial charge on any atom is -0.386 e. The Morgan fingerprint density at radius 2 is 2.16 bits per heavy atom. The van der Waals surface area contributed by atoms with Crippen LogP contribution >= 0.6 is 0 Å². The van der Waals surface area contributed by atoms with Gasteiger partial charge >= 0.3 is 6.03 Å². The highest BCUT2D eigenvalue weighted by molar-refractivity contribution is 5.89. The molecule has 2 rings (SSSR count). The molecule has 0 spiro atoms. The van der Waals surface area contributed by atoms with E-state index in [1.54, 1.807) is 30.1 Å². The largest absolute Gasteiger partial charge is 0.386 e. The molecule has 0 saturated carbocycles. The van der Waals surface area contributed by atoms with Gasteiger partial charge < -0.3 is 20.6 Å². The zero-order valence-electron chi connectivity index (χ0n) is 14.8. The number of nitrogens with zero attached hydrogens (tertiary/aromatic N) is 3. The van der Waals surface area contributed by atoms with Gasteiger partial charge in [0.05, 0.1) is 18.0 Å². The van der Waals surface area contributed by atoms with Crippen molar-refractivity contribution >= 4 is 17.4 Å². The maximum Gasteiger partial charge on any atom is 0.319 e. The van der Waals surface area contributed by atoms with Gasteiger partial charge in [0.1, 0.15) is 5.82 Å². The predicted molar refractivity (Wildman–Crippen MR) is 95.1 cm³/mol. The third kappa shape index (κ3) is 4.93. The van der Waals surface area contributed by atoms with Crippen LogP contribution in [0.2, 0.25) is 0 Å². The first-order valence-corrected chi connectivity index (χ1v) is 8.01. The number of benzene rings is 1. The van der Waals surface area contributed by atoms with Gasteiger partial charge in [-0.05, 0) is 32.0 Å². The average molecular weight is 349 g/mol. The van der Waals surface area contributed by atoms with Gasteiger partial charge in [0.15, 0.2) is 0 Å². The Morgan fingerprint density at radius 1 is 1.44 bits per heavy atom. The van der Waals surface area contributed by atoms with Gasteiger partial charge in [-0.1, -0.05) is 0 Å². The van der Waals surface area contributed by atoms with Crippen molar-refractivity contribution in [2.45, 2.75) is 26.0 Å². The van der Waals surface area contributed by atoms with Crippen LogP contribution in [0.1, 0.15) is 25.5 Å². The Kier molecular flexibility index (Phi) is 5.97. The van der Waals surface area contributed by atoms with E-state index in [0.717, 1.165) is 0 Å². The van der Waals surface area contributed by atoms with Crippen molar-refractivity contribution in [3.05, 3.63) is 42.0 Å². The molecule has 25 heavy (non-hydrogen) atoms. The number of carbonyl (C=O) groups is 1. The molecule has 0 radical (unpaired) electrons. The molecular weight excluding hydrogens is 325 g/mol. The summed E-state index contributed by atoms with van der Waals surface area (Å²) in [6.45, 7) is 3.95. The van der Waals surface area contributed by atoms with Crippen molar-refractivity contribution in [1.29, 1.82) is 0 Å². The number of hydrogen-bond donors (Lipinski definition) is 3. The van der Waals surface area contributed by atoms with Gasteiger partial charge in [-0.3, -0.25) is 4.68 Å². The molecule has 2 aromatic rings. The molecule has 1 unspecified atom stereocenters. The number of aromatic nitrogens is 2. The van der Waals surface area contributed by atoms with Gasteiger partial charge in [0.25, 0.3) is 0 Å². The molecule has 0 aliphatic rings.